The van der Waals surface area contributed by atoms with E-state index in [1.165, 1.54) is 12.1 Å². The number of hydrogen-bond acceptors (Lipinski definition) is 7. The third kappa shape index (κ3) is 4.02. The van der Waals surface area contributed by atoms with Gasteiger partial charge < -0.3 is 15.4 Å². The van der Waals surface area contributed by atoms with Gasteiger partial charge in [-0.2, -0.15) is 0 Å². The number of benzene rings is 1. The highest BCUT2D eigenvalue weighted by atomic mass is 35.5. The van der Waals surface area contributed by atoms with E-state index in [2.05, 4.69) is 30.9 Å². The van der Waals surface area contributed by atoms with Gasteiger partial charge >= 0.3 is 0 Å². The second-order valence-electron chi connectivity index (χ2n) is 7.61. The van der Waals surface area contributed by atoms with Crippen molar-refractivity contribution >= 4 is 29.0 Å². The molecule has 3 aromatic rings. The van der Waals surface area contributed by atoms with Crippen LogP contribution in [0.4, 0.5) is 15.9 Å². The summed E-state index contributed by atoms with van der Waals surface area (Å²) in [5.74, 6) is -0.122. The second kappa shape index (κ2) is 8.78. The molecule has 2 aromatic heterocycles. The molecule has 1 amide bonds. The Morgan fingerprint density at radius 2 is 2.12 bits per heavy atom. The van der Waals surface area contributed by atoms with E-state index in [1.54, 1.807) is 24.5 Å². The van der Waals surface area contributed by atoms with Crippen LogP contribution in [0.5, 0.6) is 0 Å². The average Bonchev–Trinajstić information content (AvgIpc) is 2.98. The van der Waals surface area contributed by atoms with Crippen molar-refractivity contribution in [1.82, 2.24) is 25.6 Å². The Labute approximate surface area is 188 Å². The molecule has 1 aromatic carbocycles. The summed E-state index contributed by atoms with van der Waals surface area (Å²) in [5, 5.41) is 9.32. The maximum atomic E-state index is 14.5. The fourth-order valence-electron chi connectivity index (χ4n) is 3.89. The maximum Gasteiger partial charge on any atom is 0.255 e. The Bertz CT molecular complexity index is 1150. The maximum absolute atomic E-state index is 14.5. The topological polar surface area (TPSA) is 101 Å². The fraction of sp³-hybridized carbons (Fsp3) is 0.273. The van der Waals surface area contributed by atoms with Gasteiger partial charge in [-0.3, -0.25) is 15.1 Å². The van der Waals surface area contributed by atoms with Gasteiger partial charge in [-0.15, -0.1) is 0 Å². The van der Waals surface area contributed by atoms with Gasteiger partial charge in [0.05, 0.1) is 71.2 Å². The Hall–Kier alpha value is -3.14. The summed E-state index contributed by atoms with van der Waals surface area (Å²) < 4.78 is 20.0. The van der Waals surface area contributed by atoms with Crippen molar-refractivity contribution in [1.29, 1.82) is 0 Å². The van der Waals surface area contributed by atoms with E-state index < -0.39 is 5.82 Å². The van der Waals surface area contributed by atoms with Crippen molar-refractivity contribution < 1.29 is 13.9 Å². The standard InChI is InChI=1S/C22H20ClFN6O2/c23-13-2-1-3-14(24)20(13)15-6-16(21-18(29-15)8-28-22(21)31)30-19-9-26-17(7-27-19)12-4-5-25-11-32-10-12/h1-3,6-7,9,12,25H,4-5,8,10-11H2,(H,28,31)(H,27,29,30)/t12-/m1/s1. The normalized spacial score (nSPS) is 18.1. The first-order chi connectivity index (χ1) is 15.6. The Balaban J connectivity index is 1.48. The molecule has 0 saturated carbocycles. The Morgan fingerprint density at radius 1 is 1.22 bits per heavy atom. The number of anilines is 2. The molecule has 0 aliphatic carbocycles. The van der Waals surface area contributed by atoms with Crippen molar-refractivity contribution in [3.8, 4) is 11.3 Å². The number of aromatic nitrogens is 3. The highest BCUT2D eigenvalue weighted by molar-refractivity contribution is 6.33. The quantitative estimate of drug-likeness (QED) is 0.555. The first-order valence-corrected chi connectivity index (χ1v) is 10.6. The largest absolute Gasteiger partial charge is 0.366 e. The summed E-state index contributed by atoms with van der Waals surface area (Å²) in [5.41, 5.74) is 2.73. The predicted molar refractivity (Wildman–Crippen MR) is 117 cm³/mol. The van der Waals surface area contributed by atoms with Crippen LogP contribution >= 0.6 is 11.6 Å². The van der Waals surface area contributed by atoms with E-state index in [1.807, 2.05) is 0 Å². The number of nitrogens with zero attached hydrogens (tertiary/aromatic N) is 3. The summed E-state index contributed by atoms with van der Waals surface area (Å²) in [6.45, 7) is 2.22. The van der Waals surface area contributed by atoms with Crippen LogP contribution < -0.4 is 16.0 Å². The summed E-state index contributed by atoms with van der Waals surface area (Å²) in [4.78, 5) is 25.9. The van der Waals surface area contributed by atoms with E-state index in [9.17, 15) is 9.18 Å². The van der Waals surface area contributed by atoms with E-state index in [-0.39, 0.29) is 29.0 Å². The number of rotatable bonds is 4. The minimum Gasteiger partial charge on any atom is -0.366 e. The van der Waals surface area contributed by atoms with Crippen LogP contribution in [-0.2, 0) is 11.3 Å². The first-order valence-electron chi connectivity index (χ1n) is 10.2. The van der Waals surface area contributed by atoms with Gasteiger partial charge in [0.1, 0.15) is 11.6 Å². The lowest BCUT2D eigenvalue weighted by Crippen LogP contribution is -2.15. The van der Waals surface area contributed by atoms with Gasteiger partial charge in [0.2, 0.25) is 0 Å². The molecular weight excluding hydrogens is 435 g/mol. The molecule has 1 saturated heterocycles. The smallest absolute Gasteiger partial charge is 0.255 e. The van der Waals surface area contributed by atoms with Crippen LogP contribution in [0.3, 0.4) is 0 Å². The molecule has 8 nitrogen and oxygen atoms in total. The molecule has 2 aliphatic rings. The molecule has 1 atom stereocenters. The number of amides is 1. The van der Waals surface area contributed by atoms with Crippen LogP contribution in [0, 0.1) is 5.82 Å². The molecule has 0 bridgehead atoms. The van der Waals surface area contributed by atoms with Gasteiger partial charge in [-0.25, -0.2) is 14.4 Å². The lowest BCUT2D eigenvalue weighted by atomic mass is 10.0. The molecule has 5 rings (SSSR count). The number of halogens is 2. The third-order valence-corrected chi connectivity index (χ3v) is 5.82. The summed E-state index contributed by atoms with van der Waals surface area (Å²) in [6, 6.07) is 6.06. The van der Waals surface area contributed by atoms with Crippen molar-refractivity contribution in [2.24, 2.45) is 0 Å². The van der Waals surface area contributed by atoms with Crippen LogP contribution in [0.25, 0.3) is 11.3 Å². The van der Waals surface area contributed by atoms with Gasteiger partial charge in [0.15, 0.2) is 0 Å². The van der Waals surface area contributed by atoms with E-state index in [0.29, 0.717) is 41.8 Å². The Morgan fingerprint density at radius 3 is 2.94 bits per heavy atom. The molecule has 32 heavy (non-hydrogen) atoms. The van der Waals surface area contributed by atoms with Crippen molar-refractivity contribution in [3.05, 3.63) is 64.5 Å². The van der Waals surface area contributed by atoms with Gasteiger partial charge in [0, 0.05) is 5.92 Å². The zero-order valence-electron chi connectivity index (χ0n) is 17.0. The average molecular weight is 455 g/mol. The number of ether oxygens (including phenoxy) is 1. The number of fused-ring (bicyclic) bond motifs is 1. The molecule has 2 aliphatic heterocycles. The first kappa shape index (κ1) is 20.7. The number of hydrogen-bond donors (Lipinski definition) is 3. The highest BCUT2D eigenvalue weighted by Crippen LogP contribution is 2.35. The summed E-state index contributed by atoms with van der Waals surface area (Å²) in [6.07, 6.45) is 4.23. The molecule has 3 N–H and O–H groups in total. The predicted octanol–water partition coefficient (Wildman–Crippen LogP) is 3.37. The SMILES string of the molecule is O=C1NCc2nc(-c3c(F)cccc3Cl)cc(Nc3cnc([C@@H]4CCNCOC4)cn3)c21. The monoisotopic (exact) mass is 454 g/mol. The molecule has 0 spiro atoms. The van der Waals surface area contributed by atoms with Gasteiger partial charge in [-0.05, 0) is 31.2 Å². The lowest BCUT2D eigenvalue weighted by Gasteiger charge is -2.14. The van der Waals surface area contributed by atoms with Crippen molar-refractivity contribution in [3.63, 3.8) is 0 Å². The molecule has 10 heteroatoms. The fourth-order valence-corrected chi connectivity index (χ4v) is 4.15. The van der Waals surface area contributed by atoms with Crippen LogP contribution in [0.2, 0.25) is 5.02 Å². The van der Waals surface area contributed by atoms with E-state index in [4.69, 9.17) is 16.3 Å². The molecule has 1 fully saturated rings. The number of pyridine rings is 1. The molecular formula is C22H20ClFN6O2. The van der Waals surface area contributed by atoms with Crippen LogP contribution in [0.15, 0.2) is 36.7 Å². The summed E-state index contributed by atoms with van der Waals surface area (Å²) in [7, 11) is 0. The van der Waals surface area contributed by atoms with Gasteiger partial charge in [-0.1, -0.05) is 17.7 Å². The zero-order valence-corrected chi connectivity index (χ0v) is 17.7. The Kier molecular flexibility index (Phi) is 5.69. The minimum atomic E-state index is -0.488. The minimum absolute atomic E-state index is 0.164. The molecule has 164 valence electrons. The van der Waals surface area contributed by atoms with Crippen molar-refractivity contribution in [2.75, 3.05) is 25.2 Å². The number of carbonyl (C=O) groups excluding carboxylic acids is 1. The zero-order chi connectivity index (χ0) is 22.1. The molecule has 0 unspecified atom stereocenters. The van der Waals surface area contributed by atoms with Crippen molar-refractivity contribution in [2.45, 2.75) is 18.9 Å². The van der Waals surface area contributed by atoms with Crippen LogP contribution in [-0.4, -0.2) is 40.7 Å². The second-order valence-corrected chi connectivity index (χ2v) is 8.02. The number of carbonyl (C=O) groups is 1. The highest BCUT2D eigenvalue weighted by Gasteiger charge is 2.27. The van der Waals surface area contributed by atoms with E-state index in [0.717, 1.165) is 18.7 Å². The summed E-state index contributed by atoms with van der Waals surface area (Å²) >= 11 is 6.24. The van der Waals surface area contributed by atoms with Crippen LogP contribution in [0.1, 0.15) is 34.1 Å². The molecule has 4 heterocycles. The third-order valence-electron chi connectivity index (χ3n) is 5.50. The van der Waals surface area contributed by atoms with E-state index >= 15 is 0 Å². The van der Waals surface area contributed by atoms with Gasteiger partial charge in [0.25, 0.3) is 5.91 Å². The molecule has 0 radical (unpaired) electrons. The lowest BCUT2D eigenvalue weighted by molar-refractivity contribution is 0.0966. The number of nitrogens with one attached hydrogen (secondary N) is 3.